The lowest BCUT2D eigenvalue weighted by Gasteiger charge is -2.17. The lowest BCUT2D eigenvalue weighted by Crippen LogP contribution is -2.35. The first-order valence-electron chi connectivity index (χ1n) is 5.67. The van der Waals surface area contributed by atoms with E-state index in [2.05, 4.69) is 29.2 Å². The molecule has 1 rings (SSSR count). The number of aryl methyl sites for hydroxylation is 1. The third-order valence-corrected chi connectivity index (χ3v) is 2.66. The maximum atomic E-state index is 11.7. The van der Waals surface area contributed by atoms with Gasteiger partial charge < -0.3 is 10.2 Å². The Morgan fingerprint density at radius 1 is 1.50 bits per heavy atom. The van der Waals surface area contributed by atoms with Crippen LogP contribution in [0.5, 0.6) is 0 Å². The second kappa shape index (κ2) is 6.27. The lowest BCUT2D eigenvalue weighted by molar-refractivity contribution is 0.0939. The van der Waals surface area contributed by atoms with Crippen LogP contribution in [-0.2, 0) is 7.05 Å². The molecule has 1 aromatic heterocycles. The second-order valence-corrected chi connectivity index (χ2v) is 3.62. The average Bonchev–Trinajstić information content (AvgIpc) is 2.70. The van der Waals surface area contributed by atoms with E-state index < -0.39 is 0 Å². The molecule has 5 heteroatoms. The van der Waals surface area contributed by atoms with Gasteiger partial charge in [0.15, 0.2) is 0 Å². The van der Waals surface area contributed by atoms with Crippen LogP contribution >= 0.6 is 0 Å². The molecule has 90 valence electrons. The summed E-state index contributed by atoms with van der Waals surface area (Å²) < 4.78 is 1.58. The molecule has 0 bridgehead atoms. The molecule has 16 heavy (non-hydrogen) atoms. The first kappa shape index (κ1) is 12.7. The van der Waals surface area contributed by atoms with Crippen LogP contribution < -0.4 is 5.32 Å². The molecule has 0 saturated heterocycles. The molecule has 1 aromatic rings. The Labute approximate surface area is 96.4 Å². The fraction of sp³-hybridized carbons (Fsp3) is 0.636. The summed E-state index contributed by atoms with van der Waals surface area (Å²) in [4.78, 5) is 14.0. The number of rotatable bonds is 6. The van der Waals surface area contributed by atoms with Crippen molar-refractivity contribution in [2.45, 2.75) is 13.8 Å². The van der Waals surface area contributed by atoms with Gasteiger partial charge in [0.2, 0.25) is 0 Å². The third kappa shape index (κ3) is 3.34. The van der Waals surface area contributed by atoms with Crippen molar-refractivity contribution in [2.24, 2.45) is 7.05 Å². The molecule has 0 fully saturated rings. The highest BCUT2D eigenvalue weighted by atomic mass is 16.2. The van der Waals surface area contributed by atoms with Crippen molar-refractivity contribution in [3.63, 3.8) is 0 Å². The van der Waals surface area contributed by atoms with E-state index in [1.807, 2.05) is 0 Å². The van der Waals surface area contributed by atoms with Gasteiger partial charge in [-0.2, -0.15) is 5.10 Å². The minimum absolute atomic E-state index is 0.0628. The number of likely N-dealkylation sites (N-methyl/N-ethyl adjacent to an activating group) is 1. The molecule has 1 amide bonds. The van der Waals surface area contributed by atoms with Gasteiger partial charge in [-0.3, -0.25) is 9.48 Å². The number of aromatic nitrogens is 2. The molecule has 1 heterocycles. The molecule has 0 unspecified atom stereocenters. The van der Waals surface area contributed by atoms with Crippen LogP contribution in [0.2, 0.25) is 0 Å². The highest BCUT2D eigenvalue weighted by molar-refractivity contribution is 5.92. The van der Waals surface area contributed by atoms with Crippen LogP contribution in [0.3, 0.4) is 0 Å². The van der Waals surface area contributed by atoms with Crippen molar-refractivity contribution >= 4 is 5.91 Å². The Balaban J connectivity index is 2.34. The van der Waals surface area contributed by atoms with E-state index in [1.54, 1.807) is 24.0 Å². The van der Waals surface area contributed by atoms with Gasteiger partial charge in [0.05, 0.1) is 0 Å². The monoisotopic (exact) mass is 224 g/mol. The van der Waals surface area contributed by atoms with Crippen LogP contribution in [0.4, 0.5) is 0 Å². The molecular formula is C11H20N4O. The number of hydrogen-bond acceptors (Lipinski definition) is 3. The van der Waals surface area contributed by atoms with E-state index in [4.69, 9.17) is 0 Å². The van der Waals surface area contributed by atoms with Gasteiger partial charge in [-0.15, -0.1) is 0 Å². The number of carbonyl (C=O) groups excluding carboxylic acids is 1. The zero-order chi connectivity index (χ0) is 12.0. The predicted octanol–water partition coefficient (Wildman–Crippen LogP) is 0.492. The van der Waals surface area contributed by atoms with E-state index in [1.165, 1.54) is 0 Å². The Bertz CT molecular complexity index is 330. The first-order valence-corrected chi connectivity index (χ1v) is 5.67. The summed E-state index contributed by atoms with van der Waals surface area (Å²) in [6, 6.07) is 1.72. The number of amides is 1. The van der Waals surface area contributed by atoms with Crippen LogP contribution in [0.1, 0.15) is 24.3 Å². The first-order chi connectivity index (χ1) is 7.69. The Morgan fingerprint density at radius 2 is 2.19 bits per heavy atom. The number of hydrogen-bond donors (Lipinski definition) is 1. The maximum absolute atomic E-state index is 11.7. The summed E-state index contributed by atoms with van der Waals surface area (Å²) in [7, 11) is 1.76. The number of nitrogens with one attached hydrogen (secondary N) is 1. The van der Waals surface area contributed by atoms with Gasteiger partial charge in [0.25, 0.3) is 5.91 Å². The van der Waals surface area contributed by atoms with Gasteiger partial charge >= 0.3 is 0 Å². The van der Waals surface area contributed by atoms with Crippen molar-refractivity contribution < 1.29 is 4.79 Å². The second-order valence-electron chi connectivity index (χ2n) is 3.62. The fourth-order valence-electron chi connectivity index (χ4n) is 1.55. The van der Waals surface area contributed by atoms with E-state index in [0.29, 0.717) is 12.2 Å². The summed E-state index contributed by atoms with van der Waals surface area (Å²) in [6.07, 6.45) is 1.62. The van der Waals surface area contributed by atoms with E-state index >= 15 is 0 Å². The molecule has 0 spiro atoms. The Morgan fingerprint density at radius 3 is 2.69 bits per heavy atom. The van der Waals surface area contributed by atoms with Crippen molar-refractivity contribution in [2.75, 3.05) is 26.2 Å². The van der Waals surface area contributed by atoms with Crippen molar-refractivity contribution in [3.05, 3.63) is 18.0 Å². The number of nitrogens with zero attached hydrogens (tertiary/aromatic N) is 3. The fourth-order valence-corrected chi connectivity index (χ4v) is 1.55. The lowest BCUT2D eigenvalue weighted by atomic mass is 10.4. The van der Waals surface area contributed by atoms with Gasteiger partial charge in [-0.25, -0.2) is 0 Å². The Kier molecular flexibility index (Phi) is 4.98. The third-order valence-electron chi connectivity index (χ3n) is 2.66. The summed E-state index contributed by atoms with van der Waals surface area (Å²) >= 11 is 0. The normalized spacial score (nSPS) is 10.8. The van der Waals surface area contributed by atoms with Gasteiger partial charge in [-0.1, -0.05) is 13.8 Å². The predicted molar refractivity (Wildman–Crippen MR) is 63.3 cm³/mol. The van der Waals surface area contributed by atoms with Crippen LogP contribution in [-0.4, -0.2) is 46.8 Å². The molecule has 5 nitrogen and oxygen atoms in total. The van der Waals surface area contributed by atoms with Crippen molar-refractivity contribution in [3.8, 4) is 0 Å². The molecule has 0 radical (unpaired) electrons. The SMILES string of the molecule is CCN(CC)CCNC(=O)c1ccnn1C. The zero-order valence-electron chi connectivity index (χ0n) is 10.2. The van der Waals surface area contributed by atoms with Crippen LogP contribution in [0.25, 0.3) is 0 Å². The quantitative estimate of drug-likeness (QED) is 0.765. The highest BCUT2D eigenvalue weighted by Crippen LogP contribution is 1.95. The van der Waals surface area contributed by atoms with Gasteiger partial charge in [-0.05, 0) is 19.2 Å². The molecule has 0 atom stereocenters. The largest absolute Gasteiger partial charge is 0.349 e. The molecule has 0 saturated carbocycles. The standard InChI is InChI=1S/C11H20N4O/c1-4-15(5-2)9-8-12-11(16)10-6-7-13-14(10)3/h6-7H,4-5,8-9H2,1-3H3,(H,12,16). The smallest absolute Gasteiger partial charge is 0.269 e. The van der Waals surface area contributed by atoms with E-state index in [-0.39, 0.29) is 5.91 Å². The minimum Gasteiger partial charge on any atom is -0.349 e. The molecule has 0 aliphatic carbocycles. The molecule has 0 aromatic carbocycles. The Hall–Kier alpha value is -1.36. The number of carbonyl (C=O) groups is 1. The topological polar surface area (TPSA) is 50.2 Å². The molecule has 1 N–H and O–H groups in total. The maximum Gasteiger partial charge on any atom is 0.269 e. The summed E-state index contributed by atoms with van der Waals surface area (Å²) in [5.74, 6) is -0.0628. The van der Waals surface area contributed by atoms with Crippen molar-refractivity contribution in [1.29, 1.82) is 0 Å². The summed E-state index contributed by atoms with van der Waals surface area (Å²) in [5.41, 5.74) is 0.597. The van der Waals surface area contributed by atoms with Gasteiger partial charge in [0, 0.05) is 26.3 Å². The highest BCUT2D eigenvalue weighted by Gasteiger charge is 2.08. The van der Waals surface area contributed by atoms with E-state index in [0.717, 1.165) is 19.6 Å². The molecule has 0 aliphatic rings. The zero-order valence-corrected chi connectivity index (χ0v) is 10.2. The van der Waals surface area contributed by atoms with Crippen LogP contribution in [0.15, 0.2) is 12.3 Å². The molecular weight excluding hydrogens is 204 g/mol. The van der Waals surface area contributed by atoms with Gasteiger partial charge in [0.1, 0.15) is 5.69 Å². The van der Waals surface area contributed by atoms with Crippen molar-refractivity contribution in [1.82, 2.24) is 20.0 Å². The average molecular weight is 224 g/mol. The van der Waals surface area contributed by atoms with Crippen LogP contribution in [0, 0.1) is 0 Å². The molecule has 0 aliphatic heterocycles. The summed E-state index contributed by atoms with van der Waals surface area (Å²) in [5, 5.41) is 6.84. The summed E-state index contributed by atoms with van der Waals surface area (Å²) in [6.45, 7) is 7.82. The minimum atomic E-state index is -0.0628. The van der Waals surface area contributed by atoms with E-state index in [9.17, 15) is 4.79 Å².